The standard InChI is InChI=1S/C23H32IO/c1-2-3-4-5-6-7-8-9-13-20-25-23-18-16-22(17-19-23)24-21-14-11-10-12-15-21/h10-12,14-19H,2-9,13,20H2,1H3/q+1. The van der Waals surface area contributed by atoms with Gasteiger partial charge in [0.1, 0.15) is 5.75 Å². The Morgan fingerprint density at radius 2 is 1.20 bits per heavy atom. The van der Waals surface area contributed by atoms with E-state index in [9.17, 15) is 0 Å². The molecule has 0 radical (unpaired) electrons. The molecule has 1 nitrogen and oxygen atoms in total. The van der Waals surface area contributed by atoms with Gasteiger partial charge in [0, 0.05) is 0 Å². The fourth-order valence-electron chi connectivity index (χ4n) is 2.80. The molecule has 0 saturated heterocycles. The Morgan fingerprint density at radius 3 is 1.84 bits per heavy atom. The first-order valence-corrected chi connectivity index (χ1v) is 12.0. The number of unbranched alkanes of at least 4 members (excludes halogenated alkanes) is 8. The van der Waals surface area contributed by atoms with Crippen LogP contribution in [0.15, 0.2) is 54.6 Å². The van der Waals surface area contributed by atoms with Crippen LogP contribution in [0.4, 0.5) is 0 Å². The van der Waals surface area contributed by atoms with Gasteiger partial charge in [-0.25, -0.2) is 0 Å². The molecular weight excluding hydrogens is 419 g/mol. The molecule has 2 aromatic rings. The summed E-state index contributed by atoms with van der Waals surface area (Å²) in [6.07, 6.45) is 12.2. The summed E-state index contributed by atoms with van der Waals surface area (Å²) in [5.74, 6) is 1.01. The van der Waals surface area contributed by atoms with E-state index in [1.54, 1.807) is 0 Å². The lowest BCUT2D eigenvalue weighted by molar-refractivity contribution is -0.597. The van der Waals surface area contributed by atoms with Gasteiger partial charge in [0.05, 0.1) is 6.61 Å². The van der Waals surface area contributed by atoms with Crippen LogP contribution in [0.3, 0.4) is 0 Å². The molecule has 25 heavy (non-hydrogen) atoms. The number of hydrogen-bond acceptors (Lipinski definition) is 1. The van der Waals surface area contributed by atoms with Gasteiger partial charge in [-0.2, -0.15) is 0 Å². The quantitative estimate of drug-likeness (QED) is 0.333. The molecule has 0 aliphatic rings. The van der Waals surface area contributed by atoms with E-state index < -0.39 is 0 Å². The van der Waals surface area contributed by atoms with Crippen LogP contribution >= 0.6 is 0 Å². The molecule has 0 unspecified atom stereocenters. The first-order valence-electron chi connectivity index (χ1n) is 9.81. The van der Waals surface area contributed by atoms with Crippen molar-refractivity contribution >= 4 is 0 Å². The van der Waals surface area contributed by atoms with E-state index >= 15 is 0 Å². The Bertz CT molecular complexity index is 550. The van der Waals surface area contributed by atoms with Crippen molar-refractivity contribution in [1.29, 1.82) is 0 Å². The number of benzene rings is 2. The molecule has 0 saturated carbocycles. The first kappa shape index (κ1) is 20.3. The zero-order valence-corrected chi connectivity index (χ0v) is 17.7. The highest BCUT2D eigenvalue weighted by Crippen LogP contribution is 2.12. The lowest BCUT2D eigenvalue weighted by atomic mass is 10.1. The molecule has 0 N–H and O–H groups in total. The van der Waals surface area contributed by atoms with E-state index in [1.807, 2.05) is 0 Å². The van der Waals surface area contributed by atoms with Crippen molar-refractivity contribution < 1.29 is 25.9 Å². The summed E-state index contributed by atoms with van der Waals surface area (Å²) in [6, 6.07) is 19.5. The third-order valence-electron chi connectivity index (χ3n) is 4.28. The van der Waals surface area contributed by atoms with Crippen LogP contribution in [0.5, 0.6) is 5.75 Å². The van der Waals surface area contributed by atoms with Crippen LogP contribution in [-0.4, -0.2) is 6.61 Å². The molecule has 0 aromatic heterocycles. The summed E-state index contributed by atoms with van der Waals surface area (Å²) in [7, 11) is 0. The summed E-state index contributed by atoms with van der Waals surface area (Å²) in [5.41, 5.74) is 0. The fourth-order valence-corrected chi connectivity index (χ4v) is 5.01. The van der Waals surface area contributed by atoms with Crippen LogP contribution in [-0.2, 0) is 0 Å². The van der Waals surface area contributed by atoms with Gasteiger partial charge in [-0.3, -0.25) is 0 Å². The van der Waals surface area contributed by atoms with E-state index in [-0.39, 0.29) is 21.2 Å². The molecular formula is C23H32IO+. The Hall–Kier alpha value is -1.03. The van der Waals surface area contributed by atoms with Crippen LogP contribution in [0, 0.1) is 7.14 Å². The average Bonchev–Trinajstić information content (AvgIpc) is 2.65. The van der Waals surface area contributed by atoms with Gasteiger partial charge >= 0.3 is 21.2 Å². The van der Waals surface area contributed by atoms with Crippen LogP contribution < -0.4 is 25.9 Å². The predicted octanol–water partition coefficient (Wildman–Crippen LogP) is 3.72. The molecule has 2 heteroatoms. The van der Waals surface area contributed by atoms with Gasteiger partial charge in [0.15, 0.2) is 7.14 Å². The van der Waals surface area contributed by atoms with E-state index in [2.05, 4.69) is 61.5 Å². The molecule has 0 spiro atoms. The highest BCUT2D eigenvalue weighted by Gasteiger charge is 2.14. The van der Waals surface area contributed by atoms with Crippen LogP contribution in [0.1, 0.15) is 64.7 Å². The van der Waals surface area contributed by atoms with Crippen molar-refractivity contribution in [1.82, 2.24) is 0 Å². The minimum atomic E-state index is -0.0699. The molecule has 2 rings (SSSR count). The Morgan fingerprint density at radius 1 is 0.640 bits per heavy atom. The van der Waals surface area contributed by atoms with Gasteiger partial charge in [-0.1, -0.05) is 76.5 Å². The second-order valence-corrected chi connectivity index (χ2v) is 9.55. The maximum Gasteiger partial charge on any atom is 0.357 e. The Balaban J connectivity index is 1.53. The highest BCUT2D eigenvalue weighted by atomic mass is 127. The van der Waals surface area contributed by atoms with Gasteiger partial charge in [0.2, 0.25) is 0 Å². The van der Waals surface area contributed by atoms with Crippen molar-refractivity contribution in [2.24, 2.45) is 0 Å². The van der Waals surface area contributed by atoms with E-state index in [1.165, 1.54) is 64.9 Å². The molecule has 0 atom stereocenters. The molecule has 0 amide bonds. The van der Waals surface area contributed by atoms with Gasteiger partial charge in [0.25, 0.3) is 0 Å². The lowest BCUT2D eigenvalue weighted by Crippen LogP contribution is -3.61. The summed E-state index contributed by atoms with van der Waals surface area (Å²) in [6.45, 7) is 3.13. The predicted molar refractivity (Wildman–Crippen MR) is 103 cm³/mol. The van der Waals surface area contributed by atoms with Gasteiger partial charge in [-0.15, -0.1) is 0 Å². The minimum absolute atomic E-state index is 0.0699. The number of rotatable bonds is 13. The fraction of sp³-hybridized carbons (Fsp3) is 0.478. The summed E-state index contributed by atoms with van der Waals surface area (Å²) in [5, 5.41) is 0. The molecule has 2 aromatic carbocycles. The van der Waals surface area contributed by atoms with Crippen molar-refractivity contribution in [3.05, 3.63) is 61.7 Å². The summed E-state index contributed by atoms with van der Waals surface area (Å²) in [4.78, 5) is 0. The minimum Gasteiger partial charge on any atom is -0.494 e. The van der Waals surface area contributed by atoms with Crippen molar-refractivity contribution in [2.45, 2.75) is 64.7 Å². The van der Waals surface area contributed by atoms with Crippen molar-refractivity contribution in [3.63, 3.8) is 0 Å². The third-order valence-corrected chi connectivity index (χ3v) is 6.97. The topological polar surface area (TPSA) is 9.23 Å². The first-order chi connectivity index (χ1) is 12.4. The van der Waals surface area contributed by atoms with Gasteiger partial charge in [-0.05, 0) is 42.8 Å². The van der Waals surface area contributed by atoms with Crippen molar-refractivity contribution in [3.8, 4) is 5.75 Å². The normalized spacial score (nSPS) is 10.8. The SMILES string of the molecule is CCCCCCCCCCCOc1ccc([I+]c2ccccc2)cc1. The maximum atomic E-state index is 5.88. The smallest absolute Gasteiger partial charge is 0.357 e. The highest BCUT2D eigenvalue weighted by molar-refractivity contribution is 5.20. The Labute approximate surface area is 164 Å². The van der Waals surface area contributed by atoms with E-state index in [0.29, 0.717) is 0 Å². The molecule has 0 bridgehead atoms. The number of halogens is 1. The second kappa shape index (κ2) is 13.2. The van der Waals surface area contributed by atoms with Crippen molar-refractivity contribution in [2.75, 3.05) is 6.61 Å². The monoisotopic (exact) mass is 451 g/mol. The summed E-state index contributed by atoms with van der Waals surface area (Å²) < 4.78 is 8.79. The Kier molecular flexibility index (Phi) is 10.7. The zero-order valence-electron chi connectivity index (χ0n) is 15.6. The van der Waals surface area contributed by atoms with Crippen LogP contribution in [0.2, 0.25) is 0 Å². The third kappa shape index (κ3) is 9.29. The van der Waals surface area contributed by atoms with Gasteiger partial charge < -0.3 is 4.74 Å². The number of hydrogen-bond donors (Lipinski definition) is 0. The molecule has 0 aliphatic heterocycles. The largest absolute Gasteiger partial charge is 0.494 e. The van der Waals surface area contributed by atoms with Crippen LogP contribution in [0.25, 0.3) is 0 Å². The average molecular weight is 451 g/mol. The molecule has 0 aliphatic carbocycles. The second-order valence-electron chi connectivity index (χ2n) is 6.52. The molecule has 0 heterocycles. The number of ether oxygens (including phenoxy) is 1. The summed E-state index contributed by atoms with van der Waals surface area (Å²) >= 11 is -0.0699. The molecule has 0 fully saturated rings. The maximum absolute atomic E-state index is 5.88. The van der Waals surface area contributed by atoms with E-state index in [4.69, 9.17) is 4.74 Å². The molecule has 136 valence electrons. The lowest BCUT2D eigenvalue weighted by Gasteiger charge is -2.05. The van der Waals surface area contributed by atoms with E-state index in [0.717, 1.165) is 12.4 Å². The zero-order chi connectivity index (χ0) is 17.6.